The average molecular weight is 305 g/mol. The quantitative estimate of drug-likeness (QED) is 0.624. The van der Waals surface area contributed by atoms with Gasteiger partial charge in [0, 0.05) is 24.0 Å². The smallest absolute Gasteiger partial charge is 0.263 e. The van der Waals surface area contributed by atoms with E-state index in [-0.39, 0.29) is 0 Å². The maximum absolute atomic E-state index is 5.15. The minimum atomic E-state index is 0.504. The fourth-order valence-corrected chi connectivity index (χ4v) is 2.61. The zero-order valence-corrected chi connectivity index (χ0v) is 12.7. The van der Waals surface area contributed by atoms with Crippen molar-refractivity contribution in [2.24, 2.45) is 0 Å². The third-order valence-corrected chi connectivity index (χ3v) is 3.77. The molecule has 6 heteroatoms. The molecule has 0 atom stereocenters. The number of aromatic nitrogens is 4. The number of hydrogen-bond acceptors (Lipinski definition) is 6. The van der Waals surface area contributed by atoms with Crippen molar-refractivity contribution in [2.75, 3.05) is 11.9 Å². The zero-order chi connectivity index (χ0) is 15.6. The number of nitrogens with zero attached hydrogens (tertiary/aromatic N) is 4. The van der Waals surface area contributed by atoms with Crippen molar-refractivity contribution in [1.29, 1.82) is 0 Å². The third kappa shape index (κ3) is 2.59. The van der Waals surface area contributed by atoms with Crippen LogP contribution in [-0.4, -0.2) is 26.7 Å². The van der Waals surface area contributed by atoms with Gasteiger partial charge in [-0.15, -0.1) is 0 Å². The Morgan fingerprint density at radius 3 is 2.96 bits per heavy atom. The summed E-state index contributed by atoms with van der Waals surface area (Å²) in [6, 6.07) is 12.3. The van der Waals surface area contributed by atoms with Crippen LogP contribution < -0.4 is 5.32 Å². The molecule has 0 saturated carbocycles. The van der Waals surface area contributed by atoms with Crippen LogP contribution in [0.3, 0.4) is 0 Å². The topological polar surface area (TPSA) is 76.7 Å². The number of nitrogens with one attached hydrogen (secondary N) is 1. The van der Waals surface area contributed by atoms with Gasteiger partial charge in [-0.1, -0.05) is 29.4 Å². The van der Waals surface area contributed by atoms with Crippen molar-refractivity contribution in [2.45, 2.75) is 13.3 Å². The second kappa shape index (κ2) is 5.64. The van der Waals surface area contributed by atoms with Crippen molar-refractivity contribution in [3.05, 3.63) is 54.1 Å². The molecule has 0 spiro atoms. The summed E-state index contributed by atoms with van der Waals surface area (Å²) in [5.41, 5.74) is 3.35. The summed E-state index contributed by atoms with van der Waals surface area (Å²) in [4.78, 5) is 13.0. The van der Waals surface area contributed by atoms with Crippen LogP contribution in [0.5, 0.6) is 0 Å². The maximum Gasteiger partial charge on any atom is 0.263 e. The predicted molar refractivity (Wildman–Crippen MR) is 88.3 cm³/mol. The molecule has 1 aromatic carbocycles. The third-order valence-electron chi connectivity index (χ3n) is 3.77. The maximum atomic E-state index is 5.15. The molecule has 0 saturated heterocycles. The van der Waals surface area contributed by atoms with Gasteiger partial charge in [0.1, 0.15) is 17.5 Å². The van der Waals surface area contributed by atoms with Crippen molar-refractivity contribution < 1.29 is 4.52 Å². The van der Waals surface area contributed by atoms with Gasteiger partial charge in [-0.3, -0.25) is 4.98 Å². The van der Waals surface area contributed by atoms with E-state index in [0.717, 1.165) is 46.5 Å². The lowest BCUT2D eigenvalue weighted by Gasteiger charge is -2.06. The normalized spacial score (nSPS) is 11.2. The summed E-state index contributed by atoms with van der Waals surface area (Å²) in [6.45, 7) is 2.60. The molecule has 4 rings (SSSR count). The summed E-state index contributed by atoms with van der Waals surface area (Å²) in [6.07, 6.45) is 2.28. The lowest BCUT2D eigenvalue weighted by Crippen LogP contribution is -2.08. The first-order chi connectivity index (χ1) is 11.3. The van der Waals surface area contributed by atoms with Crippen LogP contribution in [0.15, 0.2) is 47.2 Å². The molecular weight excluding hydrogens is 290 g/mol. The number of fused-ring (bicyclic) bond motifs is 2. The highest BCUT2D eigenvalue weighted by Gasteiger charge is 2.11. The Morgan fingerprint density at radius 1 is 1.09 bits per heavy atom. The number of rotatable bonds is 4. The van der Waals surface area contributed by atoms with Gasteiger partial charge in [0.15, 0.2) is 0 Å². The number of hydrogen-bond donors (Lipinski definition) is 1. The van der Waals surface area contributed by atoms with Gasteiger partial charge in [-0.05, 0) is 19.1 Å². The molecule has 0 fully saturated rings. The number of pyridine rings is 1. The highest BCUT2D eigenvalue weighted by atomic mass is 16.5. The van der Waals surface area contributed by atoms with Crippen molar-refractivity contribution in [3.63, 3.8) is 0 Å². The van der Waals surface area contributed by atoms with Gasteiger partial charge in [0.25, 0.3) is 5.71 Å². The number of benzene rings is 1. The molecule has 0 amide bonds. The lowest BCUT2D eigenvalue weighted by molar-refractivity contribution is 0.442. The van der Waals surface area contributed by atoms with E-state index in [1.54, 1.807) is 0 Å². The molecule has 1 N–H and O–H groups in total. The minimum Gasteiger partial charge on any atom is -0.369 e. The first-order valence-corrected chi connectivity index (χ1v) is 7.47. The molecule has 0 aliphatic carbocycles. The SMILES string of the molecule is Cc1noc2ncnc(NCCc3ccc4ccccc4n3)c12. The molecule has 0 aliphatic rings. The summed E-state index contributed by atoms with van der Waals surface area (Å²) in [7, 11) is 0. The van der Waals surface area contributed by atoms with Crippen LogP contribution in [0.2, 0.25) is 0 Å². The van der Waals surface area contributed by atoms with E-state index in [9.17, 15) is 0 Å². The minimum absolute atomic E-state index is 0.504. The highest BCUT2D eigenvalue weighted by molar-refractivity contribution is 5.87. The first-order valence-electron chi connectivity index (χ1n) is 7.47. The lowest BCUT2D eigenvalue weighted by atomic mass is 10.2. The Balaban J connectivity index is 1.51. The molecule has 0 aliphatic heterocycles. The fraction of sp³-hybridized carbons (Fsp3) is 0.176. The summed E-state index contributed by atoms with van der Waals surface area (Å²) < 4.78 is 5.15. The molecule has 3 heterocycles. The first kappa shape index (κ1) is 13.6. The van der Waals surface area contributed by atoms with E-state index in [4.69, 9.17) is 4.52 Å². The predicted octanol–water partition coefficient (Wildman–Crippen LogP) is 3.13. The zero-order valence-electron chi connectivity index (χ0n) is 12.7. The van der Waals surface area contributed by atoms with Crippen LogP contribution >= 0.6 is 0 Å². The fourth-order valence-electron chi connectivity index (χ4n) is 2.61. The van der Waals surface area contributed by atoms with Crippen LogP contribution in [0.25, 0.3) is 22.0 Å². The molecule has 23 heavy (non-hydrogen) atoms. The molecular formula is C17H15N5O. The second-order valence-corrected chi connectivity index (χ2v) is 5.34. The van der Waals surface area contributed by atoms with Gasteiger partial charge in [0.05, 0.1) is 11.2 Å². The number of aryl methyl sites for hydroxylation is 1. The average Bonchev–Trinajstić information content (AvgIpc) is 2.97. The summed E-state index contributed by atoms with van der Waals surface area (Å²) >= 11 is 0. The monoisotopic (exact) mass is 305 g/mol. The van der Waals surface area contributed by atoms with Crippen LogP contribution in [0.4, 0.5) is 5.82 Å². The van der Waals surface area contributed by atoms with E-state index < -0.39 is 0 Å². The summed E-state index contributed by atoms with van der Waals surface area (Å²) in [5, 5.41) is 9.23. The van der Waals surface area contributed by atoms with Crippen molar-refractivity contribution in [1.82, 2.24) is 20.1 Å². The standard InChI is InChI=1S/C17H15N5O/c1-11-15-16(19-10-20-17(15)23-22-11)18-9-8-13-7-6-12-4-2-3-5-14(12)21-13/h2-7,10H,8-9H2,1H3,(H,18,19,20). The van der Waals surface area contributed by atoms with E-state index >= 15 is 0 Å². The molecule has 0 radical (unpaired) electrons. The molecule has 4 aromatic rings. The Bertz CT molecular complexity index is 979. The molecule has 0 bridgehead atoms. The summed E-state index contributed by atoms with van der Waals surface area (Å²) in [5.74, 6) is 0.745. The van der Waals surface area contributed by atoms with Crippen LogP contribution in [0, 0.1) is 6.92 Å². The van der Waals surface area contributed by atoms with Gasteiger partial charge >= 0.3 is 0 Å². The molecule has 0 unspecified atom stereocenters. The number of para-hydroxylation sites is 1. The Hall–Kier alpha value is -3.02. The van der Waals surface area contributed by atoms with Crippen LogP contribution in [0.1, 0.15) is 11.4 Å². The van der Waals surface area contributed by atoms with Gasteiger partial charge in [-0.25, -0.2) is 4.98 Å². The Morgan fingerprint density at radius 2 is 2.00 bits per heavy atom. The highest BCUT2D eigenvalue weighted by Crippen LogP contribution is 2.22. The van der Waals surface area contributed by atoms with Crippen molar-refractivity contribution >= 4 is 27.8 Å². The van der Waals surface area contributed by atoms with Gasteiger partial charge < -0.3 is 9.84 Å². The van der Waals surface area contributed by atoms with Gasteiger partial charge in [-0.2, -0.15) is 4.98 Å². The van der Waals surface area contributed by atoms with E-state index in [0.29, 0.717) is 5.71 Å². The molecule has 6 nitrogen and oxygen atoms in total. The van der Waals surface area contributed by atoms with E-state index in [1.165, 1.54) is 6.33 Å². The largest absolute Gasteiger partial charge is 0.369 e. The molecule has 114 valence electrons. The van der Waals surface area contributed by atoms with Crippen molar-refractivity contribution in [3.8, 4) is 0 Å². The van der Waals surface area contributed by atoms with Crippen LogP contribution in [-0.2, 0) is 6.42 Å². The Kier molecular flexibility index (Phi) is 3.34. The second-order valence-electron chi connectivity index (χ2n) is 5.34. The van der Waals surface area contributed by atoms with E-state index in [2.05, 4.69) is 43.6 Å². The molecule has 3 aromatic heterocycles. The Labute approximate surface area is 132 Å². The van der Waals surface area contributed by atoms with Gasteiger partial charge in [0.2, 0.25) is 0 Å². The van der Waals surface area contributed by atoms with E-state index in [1.807, 2.05) is 25.1 Å². The number of anilines is 1.